The summed E-state index contributed by atoms with van der Waals surface area (Å²) >= 11 is 0. The van der Waals surface area contributed by atoms with Gasteiger partial charge in [0.2, 0.25) is 0 Å². The van der Waals surface area contributed by atoms with E-state index < -0.39 is 13.3 Å². The number of ketones is 2. The van der Waals surface area contributed by atoms with Crippen LogP contribution in [-0.2, 0) is 23.2 Å². The minimum absolute atomic E-state index is 0.121. The van der Waals surface area contributed by atoms with Crippen LogP contribution in [0.1, 0.15) is 60.3 Å². The average molecular weight is 332 g/mol. The molecule has 128 valence electrons. The summed E-state index contributed by atoms with van der Waals surface area (Å²) in [6.45, 7) is 9.05. The van der Waals surface area contributed by atoms with E-state index >= 15 is 0 Å². The predicted octanol–water partition coefficient (Wildman–Crippen LogP) is 4.31. The minimum atomic E-state index is -3.37. The van der Waals surface area contributed by atoms with Gasteiger partial charge >= 0.3 is 7.60 Å². The van der Waals surface area contributed by atoms with Crippen molar-refractivity contribution < 1.29 is 23.2 Å². The molecule has 0 aliphatic heterocycles. The van der Waals surface area contributed by atoms with E-state index in [1.165, 1.54) is 0 Å². The van der Waals surface area contributed by atoms with E-state index in [1.807, 2.05) is 13.0 Å². The van der Waals surface area contributed by atoms with Crippen molar-refractivity contribution in [1.82, 2.24) is 0 Å². The summed E-state index contributed by atoms with van der Waals surface area (Å²) in [4.78, 5) is 23.1. The molecule has 0 aliphatic rings. The summed E-state index contributed by atoms with van der Waals surface area (Å²) in [6.07, 6.45) is 4.09. The first kappa shape index (κ1) is 21.2. The van der Waals surface area contributed by atoms with Crippen LogP contribution in [0.25, 0.3) is 0 Å². The standard InChI is InChI=1S/C16H29O5P/c1-6-20-22(19,21-7-2)15(5)16(18)12-11-13(3)9-8-10-14(4)17/h9,15H,6-8,10-12H2,1-5H3/b13-9+. The molecule has 0 N–H and O–H groups in total. The lowest BCUT2D eigenvalue weighted by Gasteiger charge is -2.22. The smallest absolute Gasteiger partial charge is 0.308 e. The summed E-state index contributed by atoms with van der Waals surface area (Å²) in [5.41, 5.74) is 0.307. The minimum Gasteiger partial charge on any atom is -0.308 e. The van der Waals surface area contributed by atoms with Crippen molar-refractivity contribution in [3.63, 3.8) is 0 Å². The van der Waals surface area contributed by atoms with Crippen molar-refractivity contribution in [2.24, 2.45) is 0 Å². The third-order valence-corrected chi connectivity index (χ3v) is 5.79. The molecule has 0 spiro atoms. The molecular formula is C16H29O5P. The van der Waals surface area contributed by atoms with E-state index in [4.69, 9.17) is 9.05 Å². The molecule has 0 aliphatic carbocycles. The molecule has 0 heterocycles. The molecule has 1 atom stereocenters. The highest BCUT2D eigenvalue weighted by Crippen LogP contribution is 2.53. The largest absolute Gasteiger partial charge is 0.340 e. The first-order chi connectivity index (χ1) is 10.3. The molecule has 0 bridgehead atoms. The Balaban J connectivity index is 4.51. The zero-order valence-electron chi connectivity index (χ0n) is 14.4. The normalized spacial score (nSPS) is 14.0. The Labute approximate surface area is 134 Å². The van der Waals surface area contributed by atoms with Gasteiger partial charge in [-0.1, -0.05) is 11.6 Å². The van der Waals surface area contributed by atoms with E-state index in [0.717, 1.165) is 5.57 Å². The fourth-order valence-corrected chi connectivity index (χ4v) is 3.67. The fourth-order valence-electron chi connectivity index (χ4n) is 1.95. The van der Waals surface area contributed by atoms with Crippen LogP contribution < -0.4 is 0 Å². The van der Waals surface area contributed by atoms with Crippen LogP contribution in [0, 0.1) is 0 Å². The van der Waals surface area contributed by atoms with Gasteiger partial charge in [0.05, 0.1) is 13.2 Å². The van der Waals surface area contributed by atoms with Crippen molar-refractivity contribution in [2.75, 3.05) is 13.2 Å². The van der Waals surface area contributed by atoms with Gasteiger partial charge in [0.15, 0.2) is 0 Å². The van der Waals surface area contributed by atoms with E-state index in [-0.39, 0.29) is 24.8 Å². The maximum Gasteiger partial charge on any atom is 0.340 e. The summed E-state index contributed by atoms with van der Waals surface area (Å²) in [5.74, 6) is 0.0349. The highest BCUT2D eigenvalue weighted by atomic mass is 31.2. The molecular weight excluding hydrogens is 303 g/mol. The lowest BCUT2D eigenvalue weighted by molar-refractivity contribution is -0.119. The zero-order valence-corrected chi connectivity index (χ0v) is 15.3. The van der Waals surface area contributed by atoms with Crippen LogP contribution in [0.4, 0.5) is 0 Å². The highest BCUT2D eigenvalue weighted by Gasteiger charge is 2.36. The maximum atomic E-state index is 12.5. The summed E-state index contributed by atoms with van der Waals surface area (Å²) < 4.78 is 23.0. The fraction of sp³-hybridized carbons (Fsp3) is 0.750. The lowest BCUT2D eigenvalue weighted by Crippen LogP contribution is -2.20. The molecule has 0 rings (SSSR count). The van der Waals surface area contributed by atoms with Crippen molar-refractivity contribution in [1.29, 1.82) is 0 Å². The van der Waals surface area contributed by atoms with Crippen LogP contribution in [0.3, 0.4) is 0 Å². The number of allylic oxidation sites excluding steroid dienone is 2. The maximum absolute atomic E-state index is 12.5. The predicted molar refractivity (Wildman–Crippen MR) is 88.2 cm³/mol. The van der Waals surface area contributed by atoms with Crippen LogP contribution in [0.15, 0.2) is 11.6 Å². The van der Waals surface area contributed by atoms with Gasteiger partial charge in [0.25, 0.3) is 0 Å². The van der Waals surface area contributed by atoms with Crippen molar-refractivity contribution in [2.45, 2.75) is 66.0 Å². The van der Waals surface area contributed by atoms with Gasteiger partial charge in [0, 0.05) is 12.8 Å². The Kier molecular flexibility index (Phi) is 10.5. The first-order valence-corrected chi connectivity index (χ1v) is 9.44. The number of carbonyl (C=O) groups is 2. The van der Waals surface area contributed by atoms with Crippen LogP contribution in [0.5, 0.6) is 0 Å². The van der Waals surface area contributed by atoms with Crippen LogP contribution in [-0.4, -0.2) is 30.4 Å². The second-order valence-corrected chi connectivity index (χ2v) is 7.68. The number of Topliss-reactive ketones (excluding diaryl/α,β-unsaturated/α-hetero) is 2. The van der Waals surface area contributed by atoms with Gasteiger partial charge in [-0.2, -0.15) is 0 Å². The molecule has 0 saturated carbocycles. The van der Waals surface area contributed by atoms with Gasteiger partial charge in [-0.3, -0.25) is 9.36 Å². The molecule has 0 aromatic carbocycles. The molecule has 5 nitrogen and oxygen atoms in total. The molecule has 0 saturated heterocycles. The van der Waals surface area contributed by atoms with Crippen LogP contribution >= 0.6 is 7.60 Å². The van der Waals surface area contributed by atoms with Gasteiger partial charge in [-0.15, -0.1) is 0 Å². The van der Waals surface area contributed by atoms with Crippen molar-refractivity contribution in [3.8, 4) is 0 Å². The van der Waals surface area contributed by atoms with Crippen molar-refractivity contribution >= 4 is 19.2 Å². The van der Waals surface area contributed by atoms with Gasteiger partial charge < -0.3 is 13.8 Å². The number of hydrogen-bond donors (Lipinski definition) is 0. The third kappa shape index (κ3) is 8.02. The topological polar surface area (TPSA) is 69.7 Å². The first-order valence-electron chi connectivity index (χ1n) is 7.83. The Morgan fingerprint density at radius 3 is 2.05 bits per heavy atom. The molecule has 0 fully saturated rings. The summed E-state index contributed by atoms with van der Waals surface area (Å²) in [7, 11) is -3.37. The lowest BCUT2D eigenvalue weighted by atomic mass is 10.1. The number of hydrogen-bond acceptors (Lipinski definition) is 5. The summed E-state index contributed by atoms with van der Waals surface area (Å²) in [5, 5.41) is 0. The Morgan fingerprint density at radius 2 is 1.59 bits per heavy atom. The molecule has 0 radical (unpaired) electrons. The highest BCUT2D eigenvalue weighted by molar-refractivity contribution is 7.55. The Morgan fingerprint density at radius 1 is 1.05 bits per heavy atom. The zero-order chi connectivity index (χ0) is 17.2. The average Bonchev–Trinajstić information content (AvgIpc) is 2.44. The number of carbonyl (C=O) groups excluding carboxylic acids is 2. The monoisotopic (exact) mass is 332 g/mol. The van der Waals surface area contributed by atoms with E-state index in [0.29, 0.717) is 25.7 Å². The second kappa shape index (κ2) is 10.9. The molecule has 1 unspecified atom stereocenters. The van der Waals surface area contributed by atoms with Gasteiger partial charge in [-0.05, 0) is 47.5 Å². The van der Waals surface area contributed by atoms with Crippen molar-refractivity contribution in [3.05, 3.63) is 11.6 Å². The number of rotatable bonds is 12. The molecule has 0 aromatic heterocycles. The van der Waals surface area contributed by atoms with Gasteiger partial charge in [0.1, 0.15) is 17.2 Å². The summed E-state index contributed by atoms with van der Waals surface area (Å²) in [6, 6.07) is 0. The second-order valence-electron chi connectivity index (χ2n) is 5.31. The molecule has 6 heteroatoms. The van der Waals surface area contributed by atoms with E-state index in [9.17, 15) is 14.2 Å². The Bertz CT molecular complexity index is 432. The third-order valence-electron chi connectivity index (χ3n) is 3.31. The quantitative estimate of drug-likeness (QED) is 0.393. The van der Waals surface area contributed by atoms with E-state index in [1.54, 1.807) is 27.7 Å². The van der Waals surface area contributed by atoms with Gasteiger partial charge in [-0.25, -0.2) is 0 Å². The SMILES string of the molecule is CCOP(=O)(OCC)C(C)C(=O)CC/C(C)=C/CCC(C)=O. The van der Waals surface area contributed by atoms with E-state index in [2.05, 4.69) is 0 Å². The molecule has 0 aromatic rings. The van der Waals surface area contributed by atoms with Crippen LogP contribution in [0.2, 0.25) is 0 Å². The molecule has 22 heavy (non-hydrogen) atoms. The molecule has 0 amide bonds. The Hall–Kier alpha value is -0.770.